The predicted octanol–water partition coefficient (Wildman–Crippen LogP) is 3.39. The largest absolute Gasteiger partial charge is 0.340 e. The quantitative estimate of drug-likeness (QED) is 0.622. The van der Waals surface area contributed by atoms with Crippen molar-refractivity contribution in [2.45, 2.75) is 26.3 Å². The van der Waals surface area contributed by atoms with E-state index < -0.39 is 0 Å². The average Bonchev–Trinajstić information content (AvgIpc) is 3.39. The molecule has 2 aromatic heterocycles. The van der Waals surface area contributed by atoms with Gasteiger partial charge in [0.1, 0.15) is 5.39 Å². The van der Waals surface area contributed by atoms with Gasteiger partial charge in [0.15, 0.2) is 5.65 Å². The number of allylic oxidation sites excluding steroid dienone is 4. The molecule has 2 unspecified atom stereocenters. The summed E-state index contributed by atoms with van der Waals surface area (Å²) in [4.78, 5) is 25.0. The van der Waals surface area contributed by atoms with E-state index in [1.807, 2.05) is 30.3 Å². The minimum atomic E-state index is -0.157. The van der Waals surface area contributed by atoms with Crippen LogP contribution in [0.1, 0.15) is 20.3 Å². The summed E-state index contributed by atoms with van der Waals surface area (Å²) in [6.45, 7) is 5.83. The van der Waals surface area contributed by atoms with Gasteiger partial charge in [-0.25, -0.2) is 4.68 Å². The molecule has 0 amide bonds. The van der Waals surface area contributed by atoms with Crippen LogP contribution in [-0.4, -0.2) is 57.9 Å². The van der Waals surface area contributed by atoms with Crippen LogP contribution in [0.3, 0.4) is 0 Å². The number of hydrogen-bond acceptors (Lipinski definition) is 5. The van der Waals surface area contributed by atoms with Crippen LogP contribution in [0.2, 0.25) is 0 Å². The molecule has 0 aliphatic carbocycles. The molecule has 1 fully saturated rings. The molecule has 31 heavy (non-hydrogen) atoms. The molecule has 0 radical (unpaired) electrons. The van der Waals surface area contributed by atoms with E-state index in [1.54, 1.807) is 10.9 Å². The van der Waals surface area contributed by atoms with Gasteiger partial charge in [-0.15, -0.1) is 0 Å². The number of likely N-dealkylation sites (N-methyl/N-ethyl adjacent to an activating group) is 1. The molecule has 1 N–H and O–H groups in total. The Kier molecular flexibility index (Phi) is 6.04. The minimum Gasteiger partial charge on any atom is -0.340 e. The van der Waals surface area contributed by atoms with Crippen LogP contribution >= 0.6 is 0 Å². The van der Waals surface area contributed by atoms with Crippen LogP contribution in [0, 0.1) is 5.92 Å². The molecule has 0 saturated carbocycles. The summed E-state index contributed by atoms with van der Waals surface area (Å²) >= 11 is 0. The lowest BCUT2D eigenvalue weighted by Gasteiger charge is -2.24. The zero-order valence-corrected chi connectivity index (χ0v) is 18.6. The number of fused-ring (bicyclic) bond motifs is 1. The second kappa shape index (κ2) is 8.89. The number of anilines is 1. The Hall–Kier alpha value is -3.19. The van der Waals surface area contributed by atoms with Gasteiger partial charge in [0.05, 0.1) is 11.9 Å². The van der Waals surface area contributed by atoms with Crippen molar-refractivity contribution in [3.05, 3.63) is 70.7 Å². The first kappa shape index (κ1) is 21.1. The number of rotatable bonds is 6. The third-order valence-electron chi connectivity index (χ3n) is 6.07. The van der Waals surface area contributed by atoms with Crippen LogP contribution in [0.25, 0.3) is 16.7 Å². The van der Waals surface area contributed by atoms with E-state index in [4.69, 9.17) is 4.98 Å². The van der Waals surface area contributed by atoms with E-state index >= 15 is 0 Å². The van der Waals surface area contributed by atoms with Crippen molar-refractivity contribution in [3.63, 3.8) is 0 Å². The molecule has 4 rings (SSSR count). The van der Waals surface area contributed by atoms with E-state index in [9.17, 15) is 4.79 Å². The average molecular weight is 419 g/mol. The highest BCUT2D eigenvalue weighted by Gasteiger charge is 2.34. The lowest BCUT2D eigenvalue weighted by atomic mass is 9.98. The Labute approximate surface area is 182 Å². The van der Waals surface area contributed by atoms with E-state index in [-0.39, 0.29) is 5.56 Å². The van der Waals surface area contributed by atoms with E-state index in [0.717, 1.165) is 25.2 Å². The first-order valence-electron chi connectivity index (χ1n) is 10.7. The van der Waals surface area contributed by atoms with Gasteiger partial charge >= 0.3 is 0 Å². The normalized spacial score (nSPS) is 19.9. The maximum Gasteiger partial charge on any atom is 0.263 e. The van der Waals surface area contributed by atoms with Crippen molar-refractivity contribution in [2.75, 3.05) is 32.1 Å². The molecule has 162 valence electrons. The second-order valence-electron chi connectivity index (χ2n) is 8.39. The van der Waals surface area contributed by atoms with Crippen molar-refractivity contribution in [3.8, 4) is 5.69 Å². The molecule has 0 bridgehead atoms. The first-order valence-corrected chi connectivity index (χ1v) is 10.7. The van der Waals surface area contributed by atoms with Gasteiger partial charge in [0, 0.05) is 19.1 Å². The highest BCUT2D eigenvalue weighted by molar-refractivity contribution is 5.76. The first-order chi connectivity index (χ1) is 15.0. The summed E-state index contributed by atoms with van der Waals surface area (Å²) in [6.07, 6.45) is 9.12. The fraction of sp³-hybridized carbons (Fsp3) is 0.375. The summed E-state index contributed by atoms with van der Waals surface area (Å²) in [7, 11) is 4.23. The van der Waals surface area contributed by atoms with Gasteiger partial charge in [-0.3, -0.25) is 9.78 Å². The number of aromatic amines is 1. The van der Waals surface area contributed by atoms with Gasteiger partial charge in [-0.2, -0.15) is 10.1 Å². The number of nitrogens with zero attached hydrogens (tertiary/aromatic N) is 5. The number of aromatic nitrogens is 4. The number of benzene rings is 1. The van der Waals surface area contributed by atoms with Crippen LogP contribution in [0.4, 0.5) is 5.95 Å². The molecule has 1 saturated heterocycles. The number of para-hydroxylation sites is 1. The smallest absolute Gasteiger partial charge is 0.263 e. The molecule has 3 heterocycles. The standard InChI is InChI=1S/C24H30N6O/c1-5-17(2)10-9-11-18-15-29(16-21(18)28(3)4)24-26-22-20(23(31)27-24)14-25-30(22)19-12-7-6-8-13-19/h5-10,12-14,18,21H,11,15-16H2,1-4H3,(H,26,27,31)/b10-9-,17-5-. The maximum absolute atomic E-state index is 12.8. The summed E-state index contributed by atoms with van der Waals surface area (Å²) in [5, 5.41) is 4.91. The molecule has 7 heteroatoms. The van der Waals surface area contributed by atoms with Gasteiger partial charge in [-0.05, 0) is 52.4 Å². The maximum atomic E-state index is 12.8. The molecule has 7 nitrogen and oxygen atoms in total. The van der Waals surface area contributed by atoms with E-state index in [0.29, 0.717) is 28.9 Å². The van der Waals surface area contributed by atoms with Gasteiger partial charge in [-0.1, -0.05) is 42.0 Å². The Bertz CT molecular complexity index is 1160. The van der Waals surface area contributed by atoms with E-state index in [2.05, 4.69) is 66.1 Å². The van der Waals surface area contributed by atoms with Crippen LogP contribution < -0.4 is 10.5 Å². The fourth-order valence-electron chi connectivity index (χ4n) is 4.18. The van der Waals surface area contributed by atoms with Crippen LogP contribution in [-0.2, 0) is 0 Å². The third kappa shape index (κ3) is 4.32. The Morgan fingerprint density at radius 2 is 2.03 bits per heavy atom. The van der Waals surface area contributed by atoms with E-state index in [1.165, 1.54) is 5.57 Å². The number of hydrogen-bond donors (Lipinski definition) is 1. The summed E-state index contributed by atoms with van der Waals surface area (Å²) in [5.74, 6) is 1.06. The molecule has 0 spiro atoms. The Morgan fingerprint density at radius 3 is 2.74 bits per heavy atom. The molecule has 3 aromatic rings. The van der Waals surface area contributed by atoms with Crippen LogP contribution in [0.5, 0.6) is 0 Å². The molecule has 2 atom stereocenters. The Balaban J connectivity index is 1.65. The Morgan fingerprint density at radius 1 is 1.26 bits per heavy atom. The highest BCUT2D eigenvalue weighted by atomic mass is 16.1. The minimum absolute atomic E-state index is 0.157. The topological polar surface area (TPSA) is 70.0 Å². The highest BCUT2D eigenvalue weighted by Crippen LogP contribution is 2.27. The molecule has 1 aromatic carbocycles. The van der Waals surface area contributed by atoms with Crippen molar-refractivity contribution in [1.29, 1.82) is 0 Å². The summed E-state index contributed by atoms with van der Waals surface area (Å²) in [5.41, 5.74) is 2.58. The van der Waals surface area contributed by atoms with Gasteiger partial charge in [0.2, 0.25) is 5.95 Å². The van der Waals surface area contributed by atoms with Crippen molar-refractivity contribution in [2.24, 2.45) is 5.92 Å². The molecule has 1 aliphatic rings. The fourth-order valence-corrected chi connectivity index (χ4v) is 4.18. The van der Waals surface area contributed by atoms with Gasteiger partial charge < -0.3 is 9.80 Å². The van der Waals surface area contributed by atoms with Crippen molar-refractivity contribution < 1.29 is 0 Å². The zero-order chi connectivity index (χ0) is 22.0. The summed E-state index contributed by atoms with van der Waals surface area (Å²) < 4.78 is 1.73. The van der Waals surface area contributed by atoms with Gasteiger partial charge in [0.25, 0.3) is 5.56 Å². The predicted molar refractivity (Wildman–Crippen MR) is 126 cm³/mol. The SMILES string of the molecule is C/C=C(C)\C=C/CC1CN(c2nc3c(cnn3-c3ccccc3)c(=O)[nH]2)CC1N(C)C. The number of nitrogens with one attached hydrogen (secondary N) is 1. The monoisotopic (exact) mass is 418 g/mol. The summed E-state index contributed by atoms with van der Waals surface area (Å²) in [6, 6.07) is 10.2. The lowest BCUT2D eigenvalue weighted by Crippen LogP contribution is -2.35. The lowest BCUT2D eigenvalue weighted by molar-refractivity contribution is 0.256. The van der Waals surface area contributed by atoms with Crippen molar-refractivity contribution >= 4 is 17.0 Å². The van der Waals surface area contributed by atoms with Crippen molar-refractivity contribution in [1.82, 2.24) is 24.6 Å². The third-order valence-corrected chi connectivity index (χ3v) is 6.07. The second-order valence-corrected chi connectivity index (χ2v) is 8.39. The molecule has 1 aliphatic heterocycles. The van der Waals surface area contributed by atoms with Crippen LogP contribution in [0.15, 0.2) is 65.1 Å². The molecular weight excluding hydrogens is 388 g/mol. The number of H-pyrrole nitrogens is 1. The zero-order valence-electron chi connectivity index (χ0n) is 18.6. The molecular formula is C24H30N6O.